The Labute approximate surface area is 159 Å². The van der Waals surface area contributed by atoms with E-state index in [2.05, 4.69) is 16.2 Å². The number of halogens is 1. The molecular weight excluding hydrogens is 357 g/mol. The number of hydrogen-bond donors (Lipinski definition) is 1. The van der Waals surface area contributed by atoms with Crippen LogP contribution < -0.4 is 11.3 Å². The molecule has 4 aromatic rings. The summed E-state index contributed by atoms with van der Waals surface area (Å²) < 4.78 is 15.7. The first-order valence-electron chi connectivity index (χ1n) is 8.48. The quantitative estimate of drug-likeness (QED) is 0.558. The number of benzene rings is 2. The van der Waals surface area contributed by atoms with Crippen LogP contribution >= 0.6 is 0 Å². The van der Waals surface area contributed by atoms with E-state index in [0.29, 0.717) is 22.0 Å². The number of anilines is 1. The first-order chi connectivity index (χ1) is 13.6. The minimum Gasteiger partial charge on any atom is -0.384 e. The Hall–Kier alpha value is -4.05. The van der Waals surface area contributed by atoms with E-state index < -0.39 is 5.95 Å². The van der Waals surface area contributed by atoms with Crippen LogP contribution in [0.1, 0.15) is 11.1 Å². The monoisotopic (exact) mass is 371 g/mol. The fraction of sp³-hybridized carbons (Fsp3) is 0.0476. The zero-order valence-electron chi connectivity index (χ0n) is 14.6. The topological polar surface area (TPSA) is 97.6 Å². The lowest BCUT2D eigenvalue weighted by molar-refractivity contribution is 0.586. The third-order valence-electron chi connectivity index (χ3n) is 4.41. The minimum absolute atomic E-state index is 0.0662. The number of rotatable bonds is 3. The van der Waals surface area contributed by atoms with Crippen molar-refractivity contribution in [3.63, 3.8) is 0 Å². The molecule has 0 fully saturated rings. The molecule has 28 heavy (non-hydrogen) atoms. The van der Waals surface area contributed by atoms with Crippen LogP contribution in [-0.2, 0) is 6.54 Å². The van der Waals surface area contributed by atoms with E-state index in [-0.39, 0.29) is 23.5 Å². The van der Waals surface area contributed by atoms with Crippen molar-refractivity contribution in [3.8, 4) is 17.3 Å². The van der Waals surface area contributed by atoms with Crippen LogP contribution in [0.3, 0.4) is 0 Å². The number of fused-ring (bicyclic) bond motifs is 1. The summed E-state index contributed by atoms with van der Waals surface area (Å²) in [5.74, 6) is -0.683. The zero-order chi connectivity index (χ0) is 19.7. The lowest BCUT2D eigenvalue weighted by Crippen LogP contribution is -2.24. The van der Waals surface area contributed by atoms with Crippen molar-refractivity contribution >= 4 is 16.6 Å². The Kier molecular flexibility index (Phi) is 4.30. The lowest BCUT2D eigenvalue weighted by atomic mass is 10.1. The number of nitriles is 1. The van der Waals surface area contributed by atoms with E-state index in [1.54, 1.807) is 48.5 Å². The van der Waals surface area contributed by atoms with Crippen LogP contribution in [0, 0.1) is 17.3 Å². The number of nitrogen functional groups attached to an aromatic ring is 1. The summed E-state index contributed by atoms with van der Waals surface area (Å²) in [6, 6.07) is 18.8. The van der Waals surface area contributed by atoms with Crippen LogP contribution in [0.2, 0.25) is 0 Å². The van der Waals surface area contributed by atoms with Gasteiger partial charge in [0.05, 0.1) is 29.1 Å². The first kappa shape index (κ1) is 17.4. The molecule has 2 heterocycles. The van der Waals surface area contributed by atoms with Gasteiger partial charge in [0.1, 0.15) is 11.5 Å². The average molecular weight is 371 g/mol. The Bertz CT molecular complexity index is 1290. The van der Waals surface area contributed by atoms with Gasteiger partial charge in [-0.15, -0.1) is 0 Å². The second-order valence-corrected chi connectivity index (χ2v) is 6.24. The maximum Gasteiger partial charge on any atom is 0.274 e. The first-order valence-corrected chi connectivity index (χ1v) is 8.48. The Morgan fingerprint density at radius 3 is 2.43 bits per heavy atom. The molecule has 0 aliphatic rings. The van der Waals surface area contributed by atoms with Crippen LogP contribution in [0.25, 0.3) is 22.0 Å². The van der Waals surface area contributed by atoms with Gasteiger partial charge in [0.15, 0.2) is 0 Å². The molecule has 0 bridgehead atoms. The fourth-order valence-electron chi connectivity index (χ4n) is 3.02. The van der Waals surface area contributed by atoms with Crippen molar-refractivity contribution in [3.05, 3.63) is 88.1 Å². The maximum absolute atomic E-state index is 14.5. The molecule has 4 rings (SSSR count). The summed E-state index contributed by atoms with van der Waals surface area (Å²) in [4.78, 5) is 16.6. The predicted molar refractivity (Wildman–Crippen MR) is 104 cm³/mol. The molecule has 7 heteroatoms. The van der Waals surface area contributed by atoms with Crippen LogP contribution in [-0.4, -0.2) is 14.8 Å². The largest absolute Gasteiger partial charge is 0.384 e. The molecule has 2 aromatic carbocycles. The van der Waals surface area contributed by atoms with Gasteiger partial charge in [0.2, 0.25) is 5.95 Å². The van der Waals surface area contributed by atoms with E-state index in [4.69, 9.17) is 11.0 Å². The lowest BCUT2D eigenvalue weighted by Gasteiger charge is -2.12. The number of nitrogens with two attached hydrogens (primary N) is 1. The number of pyridine rings is 1. The van der Waals surface area contributed by atoms with E-state index in [1.165, 1.54) is 16.8 Å². The van der Waals surface area contributed by atoms with Crippen molar-refractivity contribution in [1.82, 2.24) is 14.8 Å². The zero-order valence-corrected chi connectivity index (χ0v) is 14.6. The second kappa shape index (κ2) is 6.93. The summed E-state index contributed by atoms with van der Waals surface area (Å²) in [5.41, 5.74) is 7.07. The van der Waals surface area contributed by atoms with Crippen LogP contribution in [0.5, 0.6) is 0 Å². The highest BCUT2D eigenvalue weighted by molar-refractivity contribution is 5.93. The highest BCUT2D eigenvalue weighted by atomic mass is 19.1. The van der Waals surface area contributed by atoms with Gasteiger partial charge in [-0.05, 0) is 35.9 Å². The summed E-state index contributed by atoms with van der Waals surface area (Å²) in [6.07, 6.45) is 0. The molecule has 0 saturated carbocycles. The van der Waals surface area contributed by atoms with E-state index in [0.717, 1.165) is 5.56 Å². The molecule has 6 nitrogen and oxygen atoms in total. The van der Waals surface area contributed by atoms with Gasteiger partial charge in [0, 0.05) is 5.39 Å². The van der Waals surface area contributed by atoms with Gasteiger partial charge >= 0.3 is 0 Å². The molecule has 136 valence electrons. The van der Waals surface area contributed by atoms with E-state index >= 15 is 0 Å². The standard InChI is InChI=1S/C21H14FN5O/c22-20-17(9-10-18(24)25-20)19-15-3-1-2-4-16(15)21(28)27(26-19)12-14-7-5-13(11-23)6-8-14/h1-10H,12H2,(H2,24,25). The Morgan fingerprint density at radius 2 is 1.75 bits per heavy atom. The molecule has 0 saturated heterocycles. The van der Waals surface area contributed by atoms with Gasteiger partial charge in [-0.1, -0.05) is 30.3 Å². The second-order valence-electron chi connectivity index (χ2n) is 6.24. The highest BCUT2D eigenvalue weighted by Gasteiger charge is 2.16. The van der Waals surface area contributed by atoms with E-state index in [9.17, 15) is 9.18 Å². The fourth-order valence-corrected chi connectivity index (χ4v) is 3.02. The molecule has 2 N–H and O–H groups in total. The van der Waals surface area contributed by atoms with Crippen molar-refractivity contribution in [2.45, 2.75) is 6.54 Å². The molecule has 0 spiro atoms. The molecule has 0 aliphatic carbocycles. The third-order valence-corrected chi connectivity index (χ3v) is 4.41. The van der Waals surface area contributed by atoms with Gasteiger partial charge in [0.25, 0.3) is 5.56 Å². The van der Waals surface area contributed by atoms with Crippen molar-refractivity contribution in [1.29, 1.82) is 5.26 Å². The third kappa shape index (κ3) is 3.08. The average Bonchev–Trinajstić information content (AvgIpc) is 2.71. The van der Waals surface area contributed by atoms with Crippen molar-refractivity contribution in [2.24, 2.45) is 0 Å². The predicted octanol–water partition coefficient (Wildman–Crippen LogP) is 3.10. The van der Waals surface area contributed by atoms with Crippen molar-refractivity contribution in [2.75, 3.05) is 5.73 Å². The highest BCUT2D eigenvalue weighted by Crippen LogP contribution is 2.26. The van der Waals surface area contributed by atoms with E-state index in [1.807, 2.05) is 0 Å². The normalized spacial score (nSPS) is 10.7. The Morgan fingerprint density at radius 1 is 1.04 bits per heavy atom. The SMILES string of the molecule is N#Cc1ccc(Cn2nc(-c3ccc(N)nc3F)c3ccccc3c2=O)cc1. The van der Waals surface area contributed by atoms with Gasteiger partial charge in [-0.25, -0.2) is 9.67 Å². The number of hydrogen-bond acceptors (Lipinski definition) is 5. The summed E-state index contributed by atoms with van der Waals surface area (Å²) in [5, 5.41) is 14.3. The van der Waals surface area contributed by atoms with Gasteiger partial charge in [-0.2, -0.15) is 14.8 Å². The molecule has 0 radical (unpaired) electrons. The molecular formula is C21H14FN5O. The number of nitrogens with zero attached hydrogens (tertiary/aromatic N) is 4. The van der Waals surface area contributed by atoms with Gasteiger partial charge in [-0.3, -0.25) is 4.79 Å². The Balaban J connectivity index is 1.91. The number of aromatic nitrogens is 3. The van der Waals surface area contributed by atoms with Crippen LogP contribution in [0.15, 0.2) is 65.5 Å². The summed E-state index contributed by atoms with van der Waals surface area (Å²) >= 11 is 0. The summed E-state index contributed by atoms with van der Waals surface area (Å²) in [7, 11) is 0. The molecule has 2 aromatic heterocycles. The molecule has 0 atom stereocenters. The van der Waals surface area contributed by atoms with Crippen molar-refractivity contribution < 1.29 is 4.39 Å². The molecule has 0 unspecified atom stereocenters. The minimum atomic E-state index is -0.749. The molecule has 0 aliphatic heterocycles. The van der Waals surface area contributed by atoms with Gasteiger partial charge < -0.3 is 5.73 Å². The smallest absolute Gasteiger partial charge is 0.274 e. The molecule has 0 amide bonds. The summed E-state index contributed by atoms with van der Waals surface area (Å²) in [6.45, 7) is 0.187. The van der Waals surface area contributed by atoms with Crippen LogP contribution in [0.4, 0.5) is 10.2 Å². The maximum atomic E-state index is 14.5.